The Labute approximate surface area is 177 Å². The van der Waals surface area contributed by atoms with Crippen LogP contribution in [0.25, 0.3) is 0 Å². The van der Waals surface area contributed by atoms with Crippen molar-refractivity contribution >= 4 is 27.6 Å². The highest BCUT2D eigenvalue weighted by Crippen LogP contribution is 2.21. The van der Waals surface area contributed by atoms with Crippen LogP contribution < -0.4 is 5.32 Å². The Hall–Kier alpha value is -2.71. The Kier molecular flexibility index (Phi) is 7.23. The van der Waals surface area contributed by atoms with Gasteiger partial charge in [-0.3, -0.25) is 4.79 Å². The third kappa shape index (κ3) is 5.67. The van der Waals surface area contributed by atoms with Crippen LogP contribution >= 0.6 is 0 Å². The van der Waals surface area contributed by atoms with Crippen LogP contribution in [0.3, 0.4) is 0 Å². The van der Waals surface area contributed by atoms with Crippen molar-refractivity contribution < 1.29 is 22.7 Å². The second kappa shape index (κ2) is 9.86. The molecule has 3 rings (SSSR count). The number of esters is 1. The number of rotatable bonds is 6. The molecular formula is C22H26N2O5S. The van der Waals surface area contributed by atoms with Crippen molar-refractivity contribution in [3.63, 3.8) is 0 Å². The fraction of sp³-hybridized carbons (Fsp3) is 0.364. The number of carbonyl (C=O) groups is 2. The van der Waals surface area contributed by atoms with E-state index in [4.69, 9.17) is 4.74 Å². The first-order valence-corrected chi connectivity index (χ1v) is 11.4. The summed E-state index contributed by atoms with van der Waals surface area (Å²) in [6.07, 6.45) is 3.78. The zero-order valence-corrected chi connectivity index (χ0v) is 17.8. The Balaban J connectivity index is 1.56. The lowest BCUT2D eigenvalue weighted by atomic mass is 10.2. The first kappa shape index (κ1) is 22.0. The fourth-order valence-corrected chi connectivity index (χ4v) is 4.76. The molecule has 1 aliphatic rings. The number of hydrogen-bond acceptors (Lipinski definition) is 5. The molecule has 0 unspecified atom stereocenters. The summed E-state index contributed by atoms with van der Waals surface area (Å²) in [4.78, 5) is 24.3. The smallest absolute Gasteiger partial charge is 0.338 e. The SMILES string of the molecule is Cc1ccc(NC(=O)COC(=O)c2ccc(S(=O)(=O)N3CCCCCC3)cc2)cc1. The summed E-state index contributed by atoms with van der Waals surface area (Å²) in [6.45, 7) is 2.54. The van der Waals surface area contributed by atoms with Crippen molar-refractivity contribution in [3.8, 4) is 0 Å². The molecule has 7 nitrogen and oxygen atoms in total. The topological polar surface area (TPSA) is 92.8 Å². The Morgan fingerprint density at radius 3 is 2.13 bits per heavy atom. The molecule has 1 N–H and O–H groups in total. The minimum Gasteiger partial charge on any atom is -0.452 e. The Morgan fingerprint density at radius 1 is 0.933 bits per heavy atom. The van der Waals surface area contributed by atoms with Gasteiger partial charge in [0.25, 0.3) is 5.91 Å². The van der Waals surface area contributed by atoms with E-state index in [1.807, 2.05) is 19.1 Å². The molecule has 30 heavy (non-hydrogen) atoms. The van der Waals surface area contributed by atoms with Crippen molar-refractivity contribution in [1.29, 1.82) is 0 Å². The molecule has 0 radical (unpaired) electrons. The number of nitrogens with zero attached hydrogens (tertiary/aromatic N) is 1. The third-order valence-electron chi connectivity index (χ3n) is 4.96. The predicted octanol–water partition coefficient (Wildman–Crippen LogP) is 3.36. The van der Waals surface area contributed by atoms with E-state index in [9.17, 15) is 18.0 Å². The van der Waals surface area contributed by atoms with Gasteiger partial charge in [-0.05, 0) is 56.2 Å². The van der Waals surface area contributed by atoms with Gasteiger partial charge in [0, 0.05) is 18.8 Å². The van der Waals surface area contributed by atoms with Gasteiger partial charge in [-0.15, -0.1) is 0 Å². The van der Waals surface area contributed by atoms with Gasteiger partial charge in [-0.1, -0.05) is 30.5 Å². The van der Waals surface area contributed by atoms with Crippen molar-refractivity contribution in [2.75, 3.05) is 25.0 Å². The monoisotopic (exact) mass is 430 g/mol. The van der Waals surface area contributed by atoms with Gasteiger partial charge < -0.3 is 10.1 Å². The Bertz CT molecular complexity index is 977. The highest BCUT2D eigenvalue weighted by molar-refractivity contribution is 7.89. The zero-order valence-electron chi connectivity index (χ0n) is 17.0. The number of benzene rings is 2. The van der Waals surface area contributed by atoms with Crippen molar-refractivity contribution in [2.45, 2.75) is 37.5 Å². The van der Waals surface area contributed by atoms with Gasteiger partial charge in [0.05, 0.1) is 10.5 Å². The summed E-state index contributed by atoms with van der Waals surface area (Å²) >= 11 is 0. The van der Waals surface area contributed by atoms with E-state index in [0.717, 1.165) is 31.2 Å². The Morgan fingerprint density at radius 2 is 1.53 bits per heavy atom. The molecule has 1 amide bonds. The molecule has 8 heteroatoms. The molecule has 0 aromatic heterocycles. The molecular weight excluding hydrogens is 404 g/mol. The van der Waals surface area contributed by atoms with Gasteiger partial charge in [0.15, 0.2) is 6.61 Å². The largest absolute Gasteiger partial charge is 0.452 e. The lowest BCUT2D eigenvalue weighted by Crippen LogP contribution is -2.31. The molecule has 1 heterocycles. The zero-order chi connectivity index (χ0) is 21.6. The molecule has 0 bridgehead atoms. The summed E-state index contributed by atoms with van der Waals surface area (Å²) in [5.74, 6) is -1.14. The standard InChI is InChI=1S/C22H26N2O5S/c1-17-6-10-19(11-7-17)23-21(25)16-29-22(26)18-8-12-20(13-9-18)30(27,28)24-14-4-2-3-5-15-24/h6-13H,2-5,14-16H2,1H3,(H,23,25). The molecule has 0 aliphatic carbocycles. The predicted molar refractivity (Wildman–Crippen MR) is 114 cm³/mol. The van der Waals surface area contributed by atoms with Crippen LogP contribution in [0.4, 0.5) is 5.69 Å². The summed E-state index contributed by atoms with van der Waals surface area (Å²) < 4.78 is 32.1. The van der Waals surface area contributed by atoms with E-state index in [0.29, 0.717) is 18.8 Å². The molecule has 1 saturated heterocycles. The maximum absolute atomic E-state index is 12.8. The minimum absolute atomic E-state index is 0.151. The van der Waals surface area contributed by atoms with Crippen LogP contribution in [0.1, 0.15) is 41.6 Å². The average Bonchev–Trinajstić information content (AvgIpc) is 3.04. The van der Waals surface area contributed by atoms with Crippen LogP contribution in [0.5, 0.6) is 0 Å². The highest BCUT2D eigenvalue weighted by atomic mass is 32.2. The van der Waals surface area contributed by atoms with Crippen molar-refractivity contribution in [3.05, 3.63) is 59.7 Å². The molecule has 2 aromatic carbocycles. The van der Waals surface area contributed by atoms with Gasteiger partial charge in [0.1, 0.15) is 0 Å². The number of nitrogens with one attached hydrogen (secondary N) is 1. The van der Waals surface area contributed by atoms with Crippen LogP contribution in [-0.2, 0) is 19.6 Å². The minimum atomic E-state index is -3.57. The van der Waals surface area contributed by atoms with Gasteiger partial charge in [-0.25, -0.2) is 13.2 Å². The van der Waals surface area contributed by atoms with Gasteiger partial charge >= 0.3 is 5.97 Å². The number of hydrogen-bond donors (Lipinski definition) is 1. The lowest BCUT2D eigenvalue weighted by Gasteiger charge is -2.19. The molecule has 0 saturated carbocycles. The summed E-state index contributed by atoms with van der Waals surface area (Å²) in [7, 11) is -3.57. The van der Waals surface area contributed by atoms with E-state index >= 15 is 0 Å². The van der Waals surface area contributed by atoms with E-state index < -0.39 is 28.5 Å². The maximum Gasteiger partial charge on any atom is 0.338 e. The molecule has 2 aromatic rings. The molecule has 0 spiro atoms. The summed E-state index contributed by atoms with van der Waals surface area (Å²) in [6, 6.07) is 12.9. The molecule has 1 aliphatic heterocycles. The molecule has 1 fully saturated rings. The number of anilines is 1. The number of ether oxygens (including phenoxy) is 1. The fourth-order valence-electron chi connectivity index (χ4n) is 3.24. The highest BCUT2D eigenvalue weighted by Gasteiger charge is 2.25. The first-order valence-electron chi connectivity index (χ1n) is 10.00. The summed E-state index contributed by atoms with van der Waals surface area (Å²) in [5.41, 5.74) is 1.87. The van der Waals surface area contributed by atoms with Crippen LogP contribution in [0, 0.1) is 6.92 Å². The second-order valence-corrected chi connectivity index (χ2v) is 9.27. The van der Waals surface area contributed by atoms with E-state index in [-0.39, 0.29) is 10.5 Å². The average molecular weight is 431 g/mol. The van der Waals surface area contributed by atoms with Gasteiger partial charge in [0.2, 0.25) is 10.0 Å². The van der Waals surface area contributed by atoms with Crippen molar-refractivity contribution in [1.82, 2.24) is 4.31 Å². The van der Waals surface area contributed by atoms with Crippen LogP contribution in [0.2, 0.25) is 0 Å². The second-order valence-electron chi connectivity index (χ2n) is 7.33. The van der Waals surface area contributed by atoms with E-state index in [2.05, 4.69) is 5.32 Å². The maximum atomic E-state index is 12.8. The summed E-state index contributed by atoms with van der Waals surface area (Å²) in [5, 5.41) is 2.65. The van der Waals surface area contributed by atoms with Crippen LogP contribution in [-0.4, -0.2) is 44.3 Å². The van der Waals surface area contributed by atoms with E-state index in [1.165, 1.54) is 28.6 Å². The molecule has 0 atom stereocenters. The number of aryl methyl sites for hydroxylation is 1. The quantitative estimate of drug-likeness (QED) is 0.710. The lowest BCUT2D eigenvalue weighted by molar-refractivity contribution is -0.119. The number of amides is 1. The van der Waals surface area contributed by atoms with E-state index in [1.54, 1.807) is 12.1 Å². The number of carbonyl (C=O) groups excluding carboxylic acids is 2. The third-order valence-corrected chi connectivity index (χ3v) is 6.88. The number of sulfonamides is 1. The van der Waals surface area contributed by atoms with Crippen molar-refractivity contribution in [2.24, 2.45) is 0 Å². The normalized spacial score (nSPS) is 15.2. The van der Waals surface area contributed by atoms with Gasteiger partial charge in [-0.2, -0.15) is 4.31 Å². The molecule has 160 valence electrons. The van der Waals surface area contributed by atoms with Crippen LogP contribution in [0.15, 0.2) is 53.4 Å². The first-order chi connectivity index (χ1) is 14.4.